The molecule has 8 heteroatoms. The van der Waals surface area contributed by atoms with Gasteiger partial charge < -0.3 is 19.7 Å². The van der Waals surface area contributed by atoms with E-state index in [4.69, 9.17) is 9.47 Å². The number of aryl methyl sites for hydroxylation is 2. The van der Waals surface area contributed by atoms with Crippen LogP contribution in [-0.4, -0.2) is 35.2 Å². The minimum atomic E-state index is -0.398. The molecule has 0 spiro atoms. The number of esters is 1. The molecule has 0 fully saturated rings. The molecule has 34 heavy (non-hydrogen) atoms. The SMILES string of the molecule is CCOC(=O)C1=C(C)N=C2SC=CN2[C@@H]1c1cccc(OCC(=O)Nc2cc(C)ccc2C)c1. The monoisotopic (exact) mass is 477 g/mol. The van der Waals surface area contributed by atoms with E-state index in [1.807, 2.05) is 73.7 Å². The molecule has 2 aromatic carbocycles. The van der Waals surface area contributed by atoms with E-state index in [1.54, 1.807) is 13.0 Å². The number of benzene rings is 2. The highest BCUT2D eigenvalue weighted by Gasteiger charge is 2.37. The summed E-state index contributed by atoms with van der Waals surface area (Å²) in [6, 6.07) is 12.9. The number of amidine groups is 1. The van der Waals surface area contributed by atoms with E-state index in [0.29, 0.717) is 17.0 Å². The van der Waals surface area contributed by atoms with Crippen molar-refractivity contribution in [3.05, 3.63) is 82.0 Å². The number of hydrogen-bond donors (Lipinski definition) is 1. The van der Waals surface area contributed by atoms with Crippen molar-refractivity contribution in [2.24, 2.45) is 4.99 Å². The molecule has 0 bridgehead atoms. The average molecular weight is 478 g/mol. The first-order chi connectivity index (χ1) is 16.4. The molecule has 2 aromatic rings. The fourth-order valence-corrected chi connectivity index (χ4v) is 4.67. The van der Waals surface area contributed by atoms with Gasteiger partial charge in [0.05, 0.1) is 23.9 Å². The van der Waals surface area contributed by atoms with Crippen molar-refractivity contribution >= 4 is 34.5 Å². The maximum Gasteiger partial charge on any atom is 0.338 e. The van der Waals surface area contributed by atoms with Gasteiger partial charge in [-0.1, -0.05) is 36.0 Å². The van der Waals surface area contributed by atoms with Crippen molar-refractivity contribution < 1.29 is 19.1 Å². The van der Waals surface area contributed by atoms with Crippen LogP contribution in [-0.2, 0) is 14.3 Å². The smallest absolute Gasteiger partial charge is 0.338 e. The van der Waals surface area contributed by atoms with Gasteiger partial charge in [0, 0.05) is 11.9 Å². The number of anilines is 1. The third-order valence-corrected chi connectivity index (χ3v) is 6.30. The van der Waals surface area contributed by atoms with Gasteiger partial charge in [-0.3, -0.25) is 4.79 Å². The van der Waals surface area contributed by atoms with Crippen LogP contribution in [0.3, 0.4) is 0 Å². The number of hydrogen-bond acceptors (Lipinski definition) is 7. The Morgan fingerprint density at radius 1 is 1.15 bits per heavy atom. The lowest BCUT2D eigenvalue weighted by Crippen LogP contribution is -2.34. The van der Waals surface area contributed by atoms with Crippen molar-refractivity contribution in [2.75, 3.05) is 18.5 Å². The Kier molecular flexibility index (Phi) is 7.07. The summed E-state index contributed by atoms with van der Waals surface area (Å²) in [7, 11) is 0. The molecule has 1 atom stereocenters. The Balaban J connectivity index is 1.53. The molecule has 0 aliphatic carbocycles. The second-order valence-electron chi connectivity index (χ2n) is 8.05. The van der Waals surface area contributed by atoms with E-state index in [1.165, 1.54) is 11.8 Å². The van der Waals surface area contributed by atoms with Gasteiger partial charge in [0.2, 0.25) is 0 Å². The van der Waals surface area contributed by atoms with Crippen LogP contribution >= 0.6 is 11.8 Å². The lowest BCUT2D eigenvalue weighted by atomic mass is 9.94. The van der Waals surface area contributed by atoms with E-state index < -0.39 is 12.0 Å². The Labute approximate surface area is 203 Å². The number of allylic oxidation sites excluding steroid dienone is 1. The van der Waals surface area contributed by atoms with Gasteiger partial charge in [0.1, 0.15) is 5.75 Å². The highest BCUT2D eigenvalue weighted by atomic mass is 32.2. The van der Waals surface area contributed by atoms with Crippen LogP contribution < -0.4 is 10.1 Å². The molecule has 0 saturated heterocycles. The Bertz CT molecular complexity index is 1220. The van der Waals surface area contributed by atoms with Crippen LogP contribution in [0.2, 0.25) is 0 Å². The van der Waals surface area contributed by atoms with Crippen molar-refractivity contribution in [3.8, 4) is 5.75 Å². The third kappa shape index (κ3) is 5.02. The molecule has 2 aliphatic rings. The van der Waals surface area contributed by atoms with E-state index in [-0.39, 0.29) is 19.1 Å². The van der Waals surface area contributed by atoms with Crippen molar-refractivity contribution in [2.45, 2.75) is 33.7 Å². The molecular formula is C26H27N3O4S. The summed E-state index contributed by atoms with van der Waals surface area (Å²) in [5, 5.41) is 5.64. The fourth-order valence-electron chi connectivity index (χ4n) is 3.88. The van der Waals surface area contributed by atoms with Gasteiger partial charge >= 0.3 is 5.97 Å². The van der Waals surface area contributed by atoms with Crippen molar-refractivity contribution in [3.63, 3.8) is 0 Å². The molecular weight excluding hydrogens is 450 g/mol. The van der Waals surface area contributed by atoms with E-state index in [2.05, 4.69) is 10.3 Å². The number of fused-ring (bicyclic) bond motifs is 1. The summed E-state index contributed by atoms with van der Waals surface area (Å²) in [6.07, 6.45) is 1.91. The van der Waals surface area contributed by atoms with Crippen LogP contribution in [0.1, 0.15) is 36.6 Å². The minimum absolute atomic E-state index is 0.132. The van der Waals surface area contributed by atoms with Gasteiger partial charge in [0.25, 0.3) is 5.91 Å². The second kappa shape index (κ2) is 10.2. The number of thioether (sulfide) groups is 1. The van der Waals surface area contributed by atoms with E-state index >= 15 is 0 Å². The zero-order chi connectivity index (χ0) is 24.2. The van der Waals surface area contributed by atoms with Crippen LogP contribution in [0.25, 0.3) is 0 Å². The van der Waals surface area contributed by atoms with Gasteiger partial charge in [-0.15, -0.1) is 0 Å². The van der Waals surface area contributed by atoms with E-state index in [9.17, 15) is 9.59 Å². The topological polar surface area (TPSA) is 80.2 Å². The highest BCUT2D eigenvalue weighted by Crippen LogP contribution is 2.41. The summed E-state index contributed by atoms with van der Waals surface area (Å²) >= 11 is 1.50. The molecule has 1 amide bonds. The summed E-state index contributed by atoms with van der Waals surface area (Å²) < 4.78 is 11.1. The molecule has 0 saturated carbocycles. The molecule has 176 valence electrons. The quantitative estimate of drug-likeness (QED) is 0.560. The Morgan fingerprint density at radius 2 is 1.97 bits per heavy atom. The van der Waals surface area contributed by atoms with Crippen molar-refractivity contribution in [1.82, 2.24) is 4.90 Å². The predicted octanol–water partition coefficient (Wildman–Crippen LogP) is 5.09. The number of nitrogens with one attached hydrogen (secondary N) is 1. The summed E-state index contributed by atoms with van der Waals surface area (Å²) in [6.45, 7) is 7.68. The second-order valence-corrected chi connectivity index (χ2v) is 8.93. The van der Waals surface area contributed by atoms with Gasteiger partial charge in [-0.05, 0) is 68.0 Å². The summed E-state index contributed by atoms with van der Waals surface area (Å²) in [5.74, 6) is -0.0975. The fraction of sp³-hybridized carbons (Fsp3) is 0.269. The third-order valence-electron chi connectivity index (χ3n) is 5.53. The Hall–Kier alpha value is -3.52. The number of carbonyl (C=O) groups is 2. The number of aliphatic imine (C=N–C) groups is 1. The number of rotatable bonds is 7. The lowest BCUT2D eigenvalue weighted by Gasteiger charge is -2.33. The van der Waals surface area contributed by atoms with Gasteiger partial charge in [-0.2, -0.15) is 0 Å². The largest absolute Gasteiger partial charge is 0.484 e. The highest BCUT2D eigenvalue weighted by molar-refractivity contribution is 8.16. The van der Waals surface area contributed by atoms with Gasteiger partial charge in [-0.25, -0.2) is 9.79 Å². The van der Waals surface area contributed by atoms with Crippen molar-refractivity contribution in [1.29, 1.82) is 0 Å². The van der Waals surface area contributed by atoms with Crippen LogP contribution in [0.4, 0.5) is 5.69 Å². The molecule has 0 unspecified atom stereocenters. The Morgan fingerprint density at radius 3 is 2.76 bits per heavy atom. The van der Waals surface area contributed by atoms with Crippen LogP contribution in [0.5, 0.6) is 5.75 Å². The first-order valence-corrected chi connectivity index (χ1v) is 11.9. The maximum atomic E-state index is 12.8. The molecule has 4 rings (SSSR count). The molecule has 1 N–H and O–H groups in total. The first-order valence-electron chi connectivity index (χ1n) is 11.1. The standard InChI is InChI=1S/C26H27N3O4S/c1-5-32-25(31)23-18(4)27-26-29(11-12-34-26)24(23)19-7-6-8-20(14-19)33-15-22(30)28-21-13-16(2)9-10-17(21)3/h6-14,24H,5,15H2,1-4H3,(H,28,30)/t24-/m1/s1. The number of carbonyl (C=O) groups excluding carboxylic acids is 2. The molecule has 0 aromatic heterocycles. The summed E-state index contributed by atoms with van der Waals surface area (Å²) in [4.78, 5) is 31.8. The first kappa shape index (κ1) is 23.6. The van der Waals surface area contributed by atoms with E-state index in [0.717, 1.165) is 27.5 Å². The predicted molar refractivity (Wildman–Crippen MR) is 135 cm³/mol. The maximum absolute atomic E-state index is 12.8. The molecule has 7 nitrogen and oxygen atoms in total. The molecule has 2 aliphatic heterocycles. The van der Waals surface area contributed by atoms with Gasteiger partial charge in [0.15, 0.2) is 11.8 Å². The molecule has 0 radical (unpaired) electrons. The zero-order valence-electron chi connectivity index (χ0n) is 19.6. The molecule has 2 heterocycles. The van der Waals surface area contributed by atoms with Crippen LogP contribution in [0.15, 0.2) is 70.3 Å². The van der Waals surface area contributed by atoms with Crippen LogP contribution in [0, 0.1) is 13.8 Å². The minimum Gasteiger partial charge on any atom is -0.484 e. The number of amides is 1. The normalized spacial score (nSPS) is 16.8. The zero-order valence-corrected chi connectivity index (χ0v) is 20.4. The number of nitrogens with zero attached hydrogens (tertiary/aromatic N) is 2. The lowest BCUT2D eigenvalue weighted by molar-refractivity contribution is -0.139. The number of ether oxygens (including phenoxy) is 2. The summed E-state index contributed by atoms with van der Waals surface area (Å²) in [5.41, 5.74) is 4.79. The average Bonchev–Trinajstić information content (AvgIpc) is 3.27.